The monoisotopic (exact) mass is 337 g/mol. The minimum atomic E-state index is -0.153. The first-order chi connectivity index (χ1) is 10.1. The molecule has 21 heavy (non-hydrogen) atoms. The number of nitrogens with zero attached hydrogens (tertiary/aromatic N) is 1. The molecule has 3 rings (SSSR count). The highest BCUT2D eigenvalue weighted by Gasteiger charge is 2.16. The third-order valence-electron chi connectivity index (χ3n) is 3.05. The number of benzene rings is 1. The maximum absolute atomic E-state index is 12.2. The number of hydrogen-bond acceptors (Lipinski definition) is 5. The molecule has 2 aromatic heterocycles. The van der Waals surface area contributed by atoms with E-state index in [1.54, 1.807) is 22.9 Å². The third kappa shape index (κ3) is 3.02. The average Bonchev–Trinajstić information content (AvgIpc) is 3.07. The number of aromatic nitrogens is 1. The molecule has 2 heterocycles. The Bertz CT molecular complexity index is 783. The van der Waals surface area contributed by atoms with Crippen molar-refractivity contribution in [3.63, 3.8) is 0 Å². The van der Waals surface area contributed by atoms with Gasteiger partial charge in [0.25, 0.3) is 5.91 Å². The minimum Gasteiger partial charge on any atom is -0.397 e. The summed E-state index contributed by atoms with van der Waals surface area (Å²) in [4.78, 5) is 16.9. The molecule has 7 heteroatoms. The molecule has 108 valence electrons. The Hall–Kier alpha value is -1.63. The molecule has 3 N–H and O–H groups in total. The molecule has 0 aliphatic heterocycles. The van der Waals surface area contributed by atoms with E-state index >= 15 is 0 Å². The standard InChI is InChI=1S/C14H12ClN3OS2/c15-8-1-2-10-11(5-8)21-13(12(10)16)14(19)17-4-3-9-6-20-7-18-9/h1-2,5-7H,3-4,16H2,(H,17,19). The van der Waals surface area contributed by atoms with Crippen LogP contribution in [0.15, 0.2) is 29.1 Å². The van der Waals surface area contributed by atoms with Gasteiger partial charge in [0.2, 0.25) is 0 Å². The van der Waals surface area contributed by atoms with Crippen molar-refractivity contribution in [3.8, 4) is 0 Å². The van der Waals surface area contributed by atoms with Gasteiger partial charge < -0.3 is 11.1 Å². The Balaban J connectivity index is 1.73. The first-order valence-corrected chi connectivity index (χ1v) is 8.41. The summed E-state index contributed by atoms with van der Waals surface area (Å²) in [5, 5.41) is 6.36. The van der Waals surface area contributed by atoms with E-state index < -0.39 is 0 Å². The van der Waals surface area contributed by atoms with E-state index in [9.17, 15) is 4.79 Å². The van der Waals surface area contributed by atoms with Crippen LogP contribution in [-0.2, 0) is 6.42 Å². The van der Waals surface area contributed by atoms with E-state index in [0.717, 1.165) is 15.8 Å². The molecule has 0 saturated carbocycles. The van der Waals surface area contributed by atoms with Crippen LogP contribution in [0.2, 0.25) is 5.02 Å². The van der Waals surface area contributed by atoms with Gasteiger partial charge in [-0.15, -0.1) is 22.7 Å². The Kier molecular flexibility index (Phi) is 4.10. The number of nitrogens with two attached hydrogens (primary N) is 1. The van der Waals surface area contributed by atoms with Crippen molar-refractivity contribution in [2.75, 3.05) is 12.3 Å². The van der Waals surface area contributed by atoms with E-state index in [2.05, 4.69) is 10.3 Å². The molecule has 1 amide bonds. The number of amides is 1. The highest BCUT2D eigenvalue weighted by atomic mass is 35.5. The molecule has 0 bridgehead atoms. The number of thiazole rings is 1. The summed E-state index contributed by atoms with van der Waals surface area (Å²) in [6.07, 6.45) is 0.714. The number of anilines is 1. The van der Waals surface area contributed by atoms with Crippen LogP contribution < -0.4 is 11.1 Å². The highest BCUT2D eigenvalue weighted by Crippen LogP contribution is 2.35. The first-order valence-electron chi connectivity index (χ1n) is 6.28. The van der Waals surface area contributed by atoms with Crippen LogP contribution in [0.4, 0.5) is 5.69 Å². The van der Waals surface area contributed by atoms with E-state index in [1.807, 2.05) is 17.5 Å². The molecule has 0 aliphatic carbocycles. The molecule has 0 aliphatic rings. The van der Waals surface area contributed by atoms with Crippen LogP contribution in [0, 0.1) is 0 Å². The van der Waals surface area contributed by atoms with E-state index in [0.29, 0.717) is 28.6 Å². The molecule has 0 saturated heterocycles. The quantitative estimate of drug-likeness (QED) is 0.764. The maximum Gasteiger partial charge on any atom is 0.263 e. The van der Waals surface area contributed by atoms with Crippen LogP contribution in [-0.4, -0.2) is 17.4 Å². The smallest absolute Gasteiger partial charge is 0.263 e. The summed E-state index contributed by atoms with van der Waals surface area (Å²) in [7, 11) is 0. The summed E-state index contributed by atoms with van der Waals surface area (Å²) in [5.74, 6) is -0.153. The number of halogens is 1. The normalized spacial score (nSPS) is 10.9. The van der Waals surface area contributed by atoms with Crippen molar-refractivity contribution < 1.29 is 4.79 Å². The number of fused-ring (bicyclic) bond motifs is 1. The average molecular weight is 338 g/mol. The van der Waals surface area contributed by atoms with E-state index in [1.165, 1.54) is 11.3 Å². The van der Waals surface area contributed by atoms with Gasteiger partial charge in [-0.25, -0.2) is 4.98 Å². The van der Waals surface area contributed by atoms with Crippen LogP contribution in [0.5, 0.6) is 0 Å². The van der Waals surface area contributed by atoms with Crippen molar-refractivity contribution in [1.29, 1.82) is 0 Å². The summed E-state index contributed by atoms with van der Waals surface area (Å²) in [6, 6.07) is 5.44. The molecular formula is C14H12ClN3OS2. The Labute approximate surface area is 134 Å². The summed E-state index contributed by atoms with van der Waals surface area (Å²) in [6.45, 7) is 0.539. The zero-order valence-corrected chi connectivity index (χ0v) is 13.3. The predicted octanol–water partition coefficient (Wildman–Crippen LogP) is 3.57. The van der Waals surface area contributed by atoms with Crippen LogP contribution in [0.25, 0.3) is 10.1 Å². The number of carbonyl (C=O) groups excluding carboxylic acids is 1. The molecule has 1 aromatic carbocycles. The molecule has 0 fully saturated rings. The number of rotatable bonds is 4. The Morgan fingerprint density at radius 2 is 2.29 bits per heavy atom. The predicted molar refractivity (Wildman–Crippen MR) is 89.4 cm³/mol. The molecule has 0 spiro atoms. The lowest BCUT2D eigenvalue weighted by Gasteiger charge is -2.02. The Morgan fingerprint density at radius 1 is 1.43 bits per heavy atom. The molecule has 3 aromatic rings. The van der Waals surface area contributed by atoms with Gasteiger partial charge in [0.1, 0.15) is 4.88 Å². The van der Waals surface area contributed by atoms with Crippen LogP contribution >= 0.6 is 34.3 Å². The lowest BCUT2D eigenvalue weighted by Crippen LogP contribution is -2.25. The number of carbonyl (C=O) groups is 1. The summed E-state index contributed by atoms with van der Waals surface area (Å²) >= 11 is 8.87. The Morgan fingerprint density at radius 3 is 3.05 bits per heavy atom. The second kappa shape index (κ2) is 6.01. The first kappa shape index (κ1) is 14.3. The zero-order chi connectivity index (χ0) is 14.8. The van der Waals surface area contributed by atoms with Crippen molar-refractivity contribution >= 4 is 56.0 Å². The lowest BCUT2D eigenvalue weighted by atomic mass is 10.2. The fourth-order valence-electron chi connectivity index (χ4n) is 2.00. The molecular weight excluding hydrogens is 326 g/mol. The van der Waals surface area contributed by atoms with Gasteiger partial charge in [0.05, 0.1) is 16.9 Å². The van der Waals surface area contributed by atoms with Gasteiger partial charge in [-0.2, -0.15) is 0 Å². The zero-order valence-electron chi connectivity index (χ0n) is 10.9. The number of nitrogen functional groups attached to an aromatic ring is 1. The topological polar surface area (TPSA) is 68.0 Å². The second-order valence-electron chi connectivity index (χ2n) is 4.47. The van der Waals surface area contributed by atoms with E-state index in [-0.39, 0.29) is 5.91 Å². The van der Waals surface area contributed by atoms with Gasteiger partial charge in [0, 0.05) is 33.5 Å². The highest BCUT2D eigenvalue weighted by molar-refractivity contribution is 7.21. The SMILES string of the molecule is Nc1c(C(=O)NCCc2cscn2)sc2cc(Cl)ccc12. The fourth-order valence-corrected chi connectivity index (χ4v) is 3.91. The maximum atomic E-state index is 12.2. The largest absolute Gasteiger partial charge is 0.397 e. The van der Waals surface area contributed by atoms with Crippen molar-refractivity contribution in [3.05, 3.63) is 44.7 Å². The lowest BCUT2D eigenvalue weighted by molar-refractivity contribution is 0.0959. The summed E-state index contributed by atoms with van der Waals surface area (Å²) in [5.41, 5.74) is 9.33. The minimum absolute atomic E-state index is 0.153. The summed E-state index contributed by atoms with van der Waals surface area (Å²) < 4.78 is 0.921. The number of hydrogen-bond donors (Lipinski definition) is 2. The van der Waals surface area contributed by atoms with Gasteiger partial charge in [-0.3, -0.25) is 4.79 Å². The van der Waals surface area contributed by atoms with Gasteiger partial charge in [0.15, 0.2) is 0 Å². The van der Waals surface area contributed by atoms with Crippen molar-refractivity contribution in [2.45, 2.75) is 6.42 Å². The van der Waals surface area contributed by atoms with Crippen molar-refractivity contribution in [1.82, 2.24) is 10.3 Å². The van der Waals surface area contributed by atoms with Gasteiger partial charge >= 0.3 is 0 Å². The molecule has 0 unspecified atom stereocenters. The van der Waals surface area contributed by atoms with Crippen LogP contribution in [0.1, 0.15) is 15.4 Å². The number of nitrogens with one attached hydrogen (secondary N) is 1. The van der Waals surface area contributed by atoms with E-state index in [4.69, 9.17) is 17.3 Å². The molecule has 0 radical (unpaired) electrons. The third-order valence-corrected chi connectivity index (χ3v) is 5.08. The fraction of sp³-hybridized carbons (Fsp3) is 0.143. The van der Waals surface area contributed by atoms with Crippen molar-refractivity contribution in [2.24, 2.45) is 0 Å². The van der Waals surface area contributed by atoms with Gasteiger partial charge in [-0.1, -0.05) is 11.6 Å². The van der Waals surface area contributed by atoms with Gasteiger partial charge in [-0.05, 0) is 18.2 Å². The number of thiophene rings is 1. The second-order valence-corrected chi connectivity index (χ2v) is 6.68. The van der Waals surface area contributed by atoms with Crippen LogP contribution in [0.3, 0.4) is 0 Å². The molecule has 0 atom stereocenters. The molecule has 4 nitrogen and oxygen atoms in total.